The summed E-state index contributed by atoms with van der Waals surface area (Å²) in [5, 5.41) is 12.3. The highest BCUT2D eigenvalue weighted by molar-refractivity contribution is 5.27. The minimum Gasteiger partial charge on any atom is -0.494 e. The van der Waals surface area contributed by atoms with Crippen molar-refractivity contribution in [2.24, 2.45) is 0 Å². The van der Waals surface area contributed by atoms with Gasteiger partial charge < -0.3 is 10.1 Å². The zero-order valence-corrected chi connectivity index (χ0v) is 11.4. The molecule has 0 amide bonds. The average Bonchev–Trinajstić information content (AvgIpc) is 2.44. The van der Waals surface area contributed by atoms with Crippen LogP contribution >= 0.6 is 0 Å². The quantitative estimate of drug-likeness (QED) is 0.815. The van der Waals surface area contributed by atoms with E-state index in [0.29, 0.717) is 6.61 Å². The molecular formula is C15H21N3O. The Labute approximate surface area is 115 Å². The molecule has 1 aromatic carbocycles. The molecule has 4 heteroatoms. The first kappa shape index (κ1) is 13.9. The van der Waals surface area contributed by atoms with E-state index >= 15 is 0 Å². The van der Waals surface area contributed by atoms with Crippen LogP contribution in [-0.2, 0) is 0 Å². The van der Waals surface area contributed by atoms with Crippen molar-refractivity contribution in [3.8, 4) is 11.8 Å². The van der Waals surface area contributed by atoms with Gasteiger partial charge in [0.05, 0.1) is 12.7 Å². The zero-order valence-electron chi connectivity index (χ0n) is 11.4. The lowest BCUT2D eigenvalue weighted by atomic mass is 10.2. The molecule has 0 aromatic heterocycles. The largest absolute Gasteiger partial charge is 0.494 e. The van der Waals surface area contributed by atoms with Crippen molar-refractivity contribution >= 4 is 0 Å². The minimum atomic E-state index is 0.00715. The third-order valence-corrected chi connectivity index (χ3v) is 3.35. The second-order valence-corrected chi connectivity index (χ2v) is 4.90. The van der Waals surface area contributed by atoms with Crippen LogP contribution in [0.2, 0.25) is 0 Å². The number of hydrogen-bond acceptors (Lipinski definition) is 4. The smallest absolute Gasteiger partial charge is 0.119 e. The summed E-state index contributed by atoms with van der Waals surface area (Å²) in [7, 11) is 0. The number of hydrogen-bond donors (Lipinski definition) is 1. The standard InChI is InChI=1S/C15H21N3O/c1-13-4-2-5-15(10-13)19-9-3-7-18-8-6-17-12-14(18)11-16/h2,4-5,10,14,17H,3,6-9,12H2,1H3. The van der Waals surface area contributed by atoms with E-state index in [9.17, 15) is 0 Å². The number of piperazine rings is 1. The third kappa shape index (κ3) is 4.23. The number of rotatable bonds is 5. The van der Waals surface area contributed by atoms with E-state index in [1.54, 1.807) is 0 Å². The SMILES string of the molecule is Cc1cccc(OCCCN2CCNCC2C#N)c1. The molecule has 1 aliphatic rings. The van der Waals surface area contributed by atoms with E-state index in [1.165, 1.54) is 5.56 Å². The molecule has 1 N–H and O–H groups in total. The minimum absolute atomic E-state index is 0.00715. The second-order valence-electron chi connectivity index (χ2n) is 4.90. The first-order valence-electron chi connectivity index (χ1n) is 6.83. The van der Waals surface area contributed by atoms with Crippen LogP contribution in [0, 0.1) is 18.3 Å². The van der Waals surface area contributed by atoms with Crippen molar-refractivity contribution in [1.29, 1.82) is 5.26 Å². The van der Waals surface area contributed by atoms with Gasteiger partial charge in [0.15, 0.2) is 0 Å². The first-order valence-corrected chi connectivity index (χ1v) is 6.83. The number of nitrogens with zero attached hydrogens (tertiary/aromatic N) is 2. The topological polar surface area (TPSA) is 48.3 Å². The Bertz CT molecular complexity index is 441. The Morgan fingerprint density at radius 2 is 2.42 bits per heavy atom. The molecule has 102 valence electrons. The lowest BCUT2D eigenvalue weighted by Crippen LogP contribution is -2.50. The molecule has 1 fully saturated rings. The van der Waals surface area contributed by atoms with Crippen LogP contribution in [-0.4, -0.2) is 43.7 Å². The molecule has 1 aliphatic heterocycles. The highest BCUT2D eigenvalue weighted by Crippen LogP contribution is 2.12. The Balaban J connectivity index is 1.70. The van der Waals surface area contributed by atoms with Crippen molar-refractivity contribution < 1.29 is 4.74 Å². The molecule has 1 saturated heterocycles. The summed E-state index contributed by atoms with van der Waals surface area (Å²) >= 11 is 0. The van der Waals surface area contributed by atoms with Crippen LogP contribution in [0.3, 0.4) is 0 Å². The van der Waals surface area contributed by atoms with Crippen LogP contribution in [0.4, 0.5) is 0 Å². The van der Waals surface area contributed by atoms with Gasteiger partial charge in [0, 0.05) is 26.2 Å². The second kappa shape index (κ2) is 7.13. The molecular weight excluding hydrogens is 238 g/mol. The number of benzene rings is 1. The third-order valence-electron chi connectivity index (χ3n) is 3.35. The van der Waals surface area contributed by atoms with Gasteiger partial charge in [-0.2, -0.15) is 5.26 Å². The Kier molecular flexibility index (Phi) is 5.20. The molecule has 0 radical (unpaired) electrons. The van der Waals surface area contributed by atoms with Gasteiger partial charge in [-0.3, -0.25) is 4.90 Å². The molecule has 1 heterocycles. The van der Waals surface area contributed by atoms with E-state index in [0.717, 1.165) is 38.3 Å². The fourth-order valence-corrected chi connectivity index (χ4v) is 2.30. The molecule has 1 atom stereocenters. The Morgan fingerprint density at radius 3 is 3.21 bits per heavy atom. The lowest BCUT2D eigenvalue weighted by Gasteiger charge is -2.31. The van der Waals surface area contributed by atoms with Gasteiger partial charge in [-0.05, 0) is 31.0 Å². The fourth-order valence-electron chi connectivity index (χ4n) is 2.30. The molecule has 1 unspecified atom stereocenters. The first-order chi connectivity index (χ1) is 9.29. The summed E-state index contributed by atoms with van der Waals surface area (Å²) < 4.78 is 5.72. The summed E-state index contributed by atoms with van der Waals surface area (Å²) in [6.45, 7) is 6.37. The maximum Gasteiger partial charge on any atom is 0.119 e. The van der Waals surface area contributed by atoms with Crippen LogP contribution in [0.15, 0.2) is 24.3 Å². The van der Waals surface area contributed by atoms with Gasteiger partial charge in [0.1, 0.15) is 11.8 Å². The van der Waals surface area contributed by atoms with Crippen LogP contribution < -0.4 is 10.1 Å². The fraction of sp³-hybridized carbons (Fsp3) is 0.533. The number of nitrogens with one attached hydrogen (secondary N) is 1. The summed E-state index contributed by atoms with van der Waals surface area (Å²) in [5.41, 5.74) is 1.21. The van der Waals surface area contributed by atoms with Crippen molar-refractivity contribution in [1.82, 2.24) is 10.2 Å². The molecule has 0 aliphatic carbocycles. The number of ether oxygens (including phenoxy) is 1. The van der Waals surface area contributed by atoms with Crippen molar-refractivity contribution in [3.05, 3.63) is 29.8 Å². The summed E-state index contributed by atoms with van der Waals surface area (Å²) in [4.78, 5) is 2.23. The van der Waals surface area contributed by atoms with Gasteiger partial charge >= 0.3 is 0 Å². The molecule has 0 bridgehead atoms. The van der Waals surface area contributed by atoms with E-state index in [2.05, 4.69) is 29.3 Å². The monoisotopic (exact) mass is 259 g/mol. The maximum absolute atomic E-state index is 9.06. The molecule has 1 aromatic rings. The van der Waals surface area contributed by atoms with Crippen LogP contribution in [0.5, 0.6) is 5.75 Å². The van der Waals surface area contributed by atoms with E-state index < -0.39 is 0 Å². The molecule has 19 heavy (non-hydrogen) atoms. The van der Waals surface area contributed by atoms with Crippen molar-refractivity contribution in [2.75, 3.05) is 32.8 Å². The predicted octanol–water partition coefficient (Wildman–Crippen LogP) is 1.56. The van der Waals surface area contributed by atoms with E-state index in [1.807, 2.05) is 18.2 Å². The highest BCUT2D eigenvalue weighted by atomic mass is 16.5. The van der Waals surface area contributed by atoms with Gasteiger partial charge in [0.25, 0.3) is 0 Å². The molecule has 2 rings (SSSR count). The molecule has 0 spiro atoms. The van der Waals surface area contributed by atoms with Crippen LogP contribution in [0.25, 0.3) is 0 Å². The van der Waals surface area contributed by atoms with E-state index in [4.69, 9.17) is 10.00 Å². The molecule has 4 nitrogen and oxygen atoms in total. The van der Waals surface area contributed by atoms with Gasteiger partial charge in [-0.1, -0.05) is 12.1 Å². The van der Waals surface area contributed by atoms with E-state index in [-0.39, 0.29) is 6.04 Å². The van der Waals surface area contributed by atoms with Gasteiger partial charge in [-0.15, -0.1) is 0 Å². The maximum atomic E-state index is 9.06. The Morgan fingerprint density at radius 1 is 1.53 bits per heavy atom. The van der Waals surface area contributed by atoms with Gasteiger partial charge in [-0.25, -0.2) is 0 Å². The predicted molar refractivity (Wildman–Crippen MR) is 75.1 cm³/mol. The van der Waals surface area contributed by atoms with Crippen LogP contribution in [0.1, 0.15) is 12.0 Å². The van der Waals surface area contributed by atoms with Crippen molar-refractivity contribution in [3.63, 3.8) is 0 Å². The summed E-state index contributed by atoms with van der Waals surface area (Å²) in [6, 6.07) is 10.4. The number of nitriles is 1. The highest BCUT2D eigenvalue weighted by Gasteiger charge is 2.20. The Hall–Kier alpha value is -1.57. The average molecular weight is 259 g/mol. The zero-order chi connectivity index (χ0) is 13.5. The van der Waals surface area contributed by atoms with Crippen molar-refractivity contribution in [2.45, 2.75) is 19.4 Å². The van der Waals surface area contributed by atoms with Gasteiger partial charge in [0.2, 0.25) is 0 Å². The summed E-state index contributed by atoms with van der Waals surface area (Å²) in [5.74, 6) is 0.928. The number of aryl methyl sites for hydroxylation is 1. The summed E-state index contributed by atoms with van der Waals surface area (Å²) in [6.07, 6.45) is 0.951. The molecule has 0 saturated carbocycles. The normalized spacial score (nSPS) is 19.9. The lowest BCUT2D eigenvalue weighted by molar-refractivity contribution is 0.180.